The zero-order chi connectivity index (χ0) is 11.1. The largest absolute Gasteiger partial charge is 0.381 e. The molecule has 0 saturated carbocycles. The van der Waals surface area contributed by atoms with Crippen LogP contribution in [0, 0.1) is 5.41 Å². The molecule has 15 heavy (non-hydrogen) atoms. The van der Waals surface area contributed by atoms with Gasteiger partial charge >= 0.3 is 0 Å². The fraction of sp³-hybridized carbons (Fsp3) is 1.00. The van der Waals surface area contributed by atoms with Crippen LogP contribution in [0.1, 0.15) is 12.8 Å². The van der Waals surface area contributed by atoms with Crippen LogP contribution in [0.25, 0.3) is 0 Å². The van der Waals surface area contributed by atoms with Gasteiger partial charge in [-0.3, -0.25) is 0 Å². The van der Waals surface area contributed by atoms with E-state index in [1.807, 2.05) is 0 Å². The number of halogens is 1. The van der Waals surface area contributed by atoms with Gasteiger partial charge in [-0.1, -0.05) is 15.9 Å². The molecule has 90 valence electrons. The summed E-state index contributed by atoms with van der Waals surface area (Å²) in [6.07, 6.45) is 2.43. The number of nitrogens with zero attached hydrogens (tertiary/aromatic N) is 1. The molecule has 0 bridgehead atoms. The van der Waals surface area contributed by atoms with Gasteiger partial charge in [-0.05, 0) is 38.1 Å². The van der Waals surface area contributed by atoms with Gasteiger partial charge in [0.1, 0.15) is 0 Å². The molecule has 2 nitrogen and oxygen atoms in total. The molecular formula is C11H22BrNOS. The highest BCUT2D eigenvalue weighted by molar-refractivity contribution is 9.09. The first kappa shape index (κ1) is 13.8. The average molecular weight is 296 g/mol. The zero-order valence-electron chi connectivity index (χ0n) is 9.80. The molecule has 1 rings (SSSR count). The molecule has 0 aromatic rings. The Labute approximate surface area is 106 Å². The number of thioether (sulfide) groups is 1. The maximum absolute atomic E-state index is 5.43. The van der Waals surface area contributed by atoms with E-state index in [4.69, 9.17) is 4.74 Å². The third kappa shape index (κ3) is 5.07. The first-order valence-corrected chi connectivity index (χ1v) is 7.82. The van der Waals surface area contributed by atoms with Gasteiger partial charge in [0.05, 0.1) is 0 Å². The van der Waals surface area contributed by atoms with Crippen LogP contribution in [0.4, 0.5) is 0 Å². The number of ether oxygens (including phenoxy) is 1. The molecule has 1 fully saturated rings. The van der Waals surface area contributed by atoms with E-state index in [0.29, 0.717) is 5.41 Å². The smallest absolute Gasteiger partial charge is 0.0471 e. The third-order valence-corrected chi connectivity index (χ3v) is 5.41. The number of rotatable bonds is 6. The molecule has 4 heteroatoms. The molecule has 1 saturated heterocycles. The molecule has 1 heterocycles. The summed E-state index contributed by atoms with van der Waals surface area (Å²) in [7, 11) is 4.27. The van der Waals surface area contributed by atoms with Crippen molar-refractivity contribution in [2.45, 2.75) is 12.8 Å². The third-order valence-electron chi connectivity index (χ3n) is 2.93. The van der Waals surface area contributed by atoms with Crippen LogP contribution in [-0.2, 0) is 4.74 Å². The summed E-state index contributed by atoms with van der Waals surface area (Å²) in [6.45, 7) is 3.07. The second-order valence-corrected chi connectivity index (χ2v) is 6.27. The lowest BCUT2D eigenvalue weighted by molar-refractivity contribution is 0.0374. The van der Waals surface area contributed by atoms with Gasteiger partial charge < -0.3 is 9.64 Å². The molecule has 0 unspecified atom stereocenters. The molecule has 0 aromatic carbocycles. The maximum atomic E-state index is 5.43. The highest BCUT2D eigenvalue weighted by Gasteiger charge is 2.31. The summed E-state index contributed by atoms with van der Waals surface area (Å²) in [6, 6.07) is 0. The van der Waals surface area contributed by atoms with Gasteiger partial charge in [0.25, 0.3) is 0 Å². The normalized spacial score (nSPS) is 20.8. The molecule has 0 aliphatic carbocycles. The Morgan fingerprint density at radius 3 is 2.53 bits per heavy atom. The molecule has 0 amide bonds. The molecule has 1 aliphatic rings. The monoisotopic (exact) mass is 295 g/mol. The Bertz CT molecular complexity index is 172. The van der Waals surface area contributed by atoms with Crippen molar-refractivity contribution in [3.63, 3.8) is 0 Å². The minimum Gasteiger partial charge on any atom is -0.381 e. The molecule has 0 aromatic heterocycles. The molecule has 0 N–H and O–H groups in total. The lowest BCUT2D eigenvalue weighted by Crippen LogP contribution is -2.33. The Morgan fingerprint density at radius 2 is 2.00 bits per heavy atom. The van der Waals surface area contributed by atoms with Crippen LogP contribution in [0.5, 0.6) is 0 Å². The van der Waals surface area contributed by atoms with Crippen molar-refractivity contribution >= 4 is 27.7 Å². The van der Waals surface area contributed by atoms with Crippen molar-refractivity contribution in [1.29, 1.82) is 0 Å². The predicted octanol–water partition coefficient (Wildman–Crippen LogP) is 2.47. The minimum absolute atomic E-state index is 0.495. The van der Waals surface area contributed by atoms with E-state index >= 15 is 0 Å². The molecule has 1 aliphatic heterocycles. The second-order valence-electron chi connectivity index (χ2n) is 4.60. The van der Waals surface area contributed by atoms with Crippen LogP contribution in [-0.4, -0.2) is 55.6 Å². The van der Waals surface area contributed by atoms with Crippen LogP contribution in [0.2, 0.25) is 0 Å². The van der Waals surface area contributed by atoms with Gasteiger partial charge in [0, 0.05) is 30.8 Å². The Hall–Kier alpha value is 0.750. The van der Waals surface area contributed by atoms with E-state index in [0.717, 1.165) is 18.5 Å². The maximum Gasteiger partial charge on any atom is 0.0471 e. The molecule has 0 atom stereocenters. The summed E-state index contributed by atoms with van der Waals surface area (Å²) in [4.78, 5) is 2.25. The average Bonchev–Trinajstić information content (AvgIpc) is 2.26. The lowest BCUT2D eigenvalue weighted by Gasteiger charge is -2.35. The van der Waals surface area contributed by atoms with E-state index < -0.39 is 0 Å². The van der Waals surface area contributed by atoms with E-state index in [1.165, 1.54) is 30.9 Å². The lowest BCUT2D eigenvalue weighted by atomic mass is 9.85. The van der Waals surface area contributed by atoms with Crippen LogP contribution in [0.15, 0.2) is 0 Å². The predicted molar refractivity (Wildman–Crippen MR) is 72.2 cm³/mol. The van der Waals surface area contributed by atoms with Crippen molar-refractivity contribution < 1.29 is 4.74 Å². The van der Waals surface area contributed by atoms with Crippen molar-refractivity contribution in [2.24, 2.45) is 5.41 Å². The van der Waals surface area contributed by atoms with Crippen molar-refractivity contribution in [3.05, 3.63) is 0 Å². The van der Waals surface area contributed by atoms with Crippen LogP contribution < -0.4 is 0 Å². The van der Waals surface area contributed by atoms with E-state index in [-0.39, 0.29) is 0 Å². The topological polar surface area (TPSA) is 12.5 Å². The van der Waals surface area contributed by atoms with Gasteiger partial charge in [0.15, 0.2) is 0 Å². The summed E-state index contributed by atoms with van der Waals surface area (Å²) < 4.78 is 5.43. The summed E-state index contributed by atoms with van der Waals surface area (Å²) >= 11 is 5.75. The van der Waals surface area contributed by atoms with Gasteiger partial charge in [0.2, 0.25) is 0 Å². The molecule has 0 radical (unpaired) electrons. The van der Waals surface area contributed by atoms with Crippen LogP contribution in [0.3, 0.4) is 0 Å². The number of alkyl halides is 1. The molecule has 0 spiro atoms. The number of hydrogen-bond acceptors (Lipinski definition) is 3. The Morgan fingerprint density at radius 1 is 1.33 bits per heavy atom. The zero-order valence-corrected chi connectivity index (χ0v) is 12.2. The Kier molecular flexibility index (Phi) is 6.58. The Balaban J connectivity index is 2.20. The fourth-order valence-electron chi connectivity index (χ4n) is 1.66. The van der Waals surface area contributed by atoms with Crippen LogP contribution >= 0.6 is 27.7 Å². The minimum atomic E-state index is 0.495. The number of hydrogen-bond donors (Lipinski definition) is 0. The second kappa shape index (κ2) is 7.15. The fourth-order valence-corrected chi connectivity index (χ4v) is 4.14. The van der Waals surface area contributed by atoms with Crippen molar-refractivity contribution in [3.8, 4) is 0 Å². The standard InChI is InChI=1S/C11H22BrNOS/c1-13(2)5-8-15-10-11(9-12)3-6-14-7-4-11/h3-10H2,1-2H3. The van der Waals surface area contributed by atoms with E-state index in [2.05, 4.69) is 46.7 Å². The summed E-state index contributed by atoms with van der Waals surface area (Å²) in [5.41, 5.74) is 0.495. The SMILES string of the molecule is CN(C)CCSCC1(CBr)CCOCC1. The van der Waals surface area contributed by atoms with Gasteiger partial charge in [-0.2, -0.15) is 11.8 Å². The first-order valence-electron chi connectivity index (χ1n) is 5.55. The van der Waals surface area contributed by atoms with E-state index in [9.17, 15) is 0 Å². The van der Waals surface area contributed by atoms with Crippen molar-refractivity contribution in [1.82, 2.24) is 4.90 Å². The van der Waals surface area contributed by atoms with Gasteiger partial charge in [-0.15, -0.1) is 0 Å². The highest BCUT2D eigenvalue weighted by Crippen LogP contribution is 2.35. The van der Waals surface area contributed by atoms with Crippen molar-refractivity contribution in [2.75, 3.05) is 50.7 Å². The molecular weight excluding hydrogens is 274 g/mol. The summed E-state index contributed by atoms with van der Waals surface area (Å²) in [5, 5.41) is 1.12. The van der Waals surface area contributed by atoms with Gasteiger partial charge in [-0.25, -0.2) is 0 Å². The summed E-state index contributed by atoms with van der Waals surface area (Å²) in [5.74, 6) is 2.51. The first-order chi connectivity index (χ1) is 7.18. The quantitative estimate of drug-likeness (QED) is 0.552. The van der Waals surface area contributed by atoms with E-state index in [1.54, 1.807) is 0 Å². The highest BCUT2D eigenvalue weighted by atomic mass is 79.9.